The first kappa shape index (κ1) is 109. The van der Waals surface area contributed by atoms with Crippen molar-refractivity contribution in [3.63, 3.8) is 0 Å². The number of nitrogens with one attached hydrogen (secondary N) is 11. The number of Topliss-reactive ketones (excluding diaryl/α,β-unsaturated/α-hetero) is 5. The highest BCUT2D eigenvalue weighted by Crippen LogP contribution is 2.47. The Balaban J connectivity index is 1.54. The number of amides is 12. The van der Waals surface area contributed by atoms with Crippen LogP contribution in [-0.2, 0) is 101 Å². The highest BCUT2D eigenvalue weighted by Gasteiger charge is 2.47. The van der Waals surface area contributed by atoms with Gasteiger partial charge in [-0.15, -0.1) is 0 Å². The molecule has 6 rings (SSSR count). The summed E-state index contributed by atoms with van der Waals surface area (Å²) in [6, 6.07) is 10.7. The molecular weight excluding hydrogens is 1720 g/mol. The Morgan fingerprint density at radius 2 is 1.19 bits per heavy atom. The number of aromatic nitrogens is 1. The van der Waals surface area contributed by atoms with E-state index in [1.807, 2.05) is 49.4 Å². The normalized spacial score (nSPS) is 19.3. The molecule has 718 valence electrons. The fourth-order valence-electron chi connectivity index (χ4n) is 15.8. The molecule has 12 amide bonds. The van der Waals surface area contributed by atoms with E-state index < -0.39 is 202 Å². The molecule has 1 fully saturated rings. The van der Waals surface area contributed by atoms with Gasteiger partial charge in [0.2, 0.25) is 70.9 Å². The number of para-hydroxylation sites is 1. The van der Waals surface area contributed by atoms with Crippen LogP contribution in [0.15, 0.2) is 91.1 Å². The number of carbonyl (C=O) groups is 17. The molecule has 4 aromatic carbocycles. The summed E-state index contributed by atoms with van der Waals surface area (Å²) in [6.07, 6.45) is -0.938. The maximum Gasteiger partial charge on any atom is 0.245 e. The molecule has 13 atom stereocenters. The lowest BCUT2D eigenvalue weighted by Crippen LogP contribution is -2.63. The predicted octanol–water partition coefficient (Wildman–Crippen LogP) is 4.27. The molecular formula is C94H136N16O19S2. The number of ketones is 5. The highest BCUT2D eigenvalue weighted by molar-refractivity contribution is 8.77. The number of H-pyrrole nitrogens is 1. The smallest absolute Gasteiger partial charge is 0.245 e. The van der Waals surface area contributed by atoms with E-state index in [0.29, 0.717) is 78.4 Å². The van der Waals surface area contributed by atoms with Gasteiger partial charge in [0, 0.05) is 98.0 Å². The van der Waals surface area contributed by atoms with E-state index in [0.717, 1.165) is 44.8 Å². The van der Waals surface area contributed by atoms with Gasteiger partial charge in [0.05, 0.1) is 42.0 Å². The first-order valence-corrected chi connectivity index (χ1v) is 47.0. The number of unbranched alkanes of at least 4 members (excludes halogenated alkanes) is 5. The summed E-state index contributed by atoms with van der Waals surface area (Å²) in [5, 5.41) is 40.9. The summed E-state index contributed by atoms with van der Waals surface area (Å²) in [4.78, 5) is 248. The fraction of sp³-hybridized carbons (Fsp3) is 0.564. The Hall–Kier alpha value is -11.0. The largest absolute Gasteiger partial charge is 0.492 e. The number of aryl methyl sites for hydroxylation is 1. The number of primary amides is 2. The first-order valence-electron chi connectivity index (χ1n) is 44.9. The third-order valence-electron chi connectivity index (χ3n) is 23.3. The zero-order chi connectivity index (χ0) is 97.0. The van der Waals surface area contributed by atoms with Crippen molar-refractivity contribution < 1.29 is 91.4 Å². The first-order chi connectivity index (χ1) is 61.9. The second-order valence-corrected chi connectivity index (χ2v) is 39.0. The van der Waals surface area contributed by atoms with Crippen LogP contribution >= 0.6 is 21.6 Å². The second-order valence-electron chi connectivity index (χ2n) is 35.6. The lowest BCUT2D eigenvalue weighted by molar-refractivity contribution is -0.140. The summed E-state index contributed by atoms with van der Waals surface area (Å²) < 4.78 is 2.74. The second kappa shape index (κ2) is 52.9. The molecule has 35 nitrogen and oxygen atoms in total. The summed E-state index contributed by atoms with van der Waals surface area (Å²) in [6.45, 7) is 17.0. The van der Waals surface area contributed by atoms with Crippen molar-refractivity contribution in [3.05, 3.63) is 113 Å². The van der Waals surface area contributed by atoms with Gasteiger partial charge in [-0.1, -0.05) is 121 Å². The Morgan fingerprint density at radius 3 is 1.83 bits per heavy atom. The summed E-state index contributed by atoms with van der Waals surface area (Å²) in [5.41, 5.74) is 30.3. The van der Waals surface area contributed by atoms with Crippen molar-refractivity contribution in [1.82, 2.24) is 58.2 Å². The van der Waals surface area contributed by atoms with E-state index in [4.69, 9.17) is 33.4 Å². The van der Waals surface area contributed by atoms with Gasteiger partial charge in [-0.3, -0.25) is 76.7 Å². The monoisotopic (exact) mass is 1860 g/mol. The molecule has 1 saturated heterocycles. The number of aromatic amines is 1. The molecule has 22 N–H and O–H groups in total. The summed E-state index contributed by atoms with van der Waals surface area (Å²) in [5.74, 6) is -15.9. The third-order valence-corrected chi connectivity index (χ3v) is 27.5. The number of fused-ring (bicyclic) bond motifs is 2. The van der Waals surface area contributed by atoms with Gasteiger partial charge < -0.3 is 101 Å². The highest BCUT2D eigenvalue weighted by atomic mass is 33.1. The van der Waals surface area contributed by atoms with Crippen LogP contribution in [-0.4, -0.2) is 213 Å². The zero-order valence-electron chi connectivity index (χ0n) is 77.2. The maximum absolute atomic E-state index is 16.5. The van der Waals surface area contributed by atoms with Crippen molar-refractivity contribution in [3.8, 4) is 5.75 Å². The molecule has 0 radical (unpaired) electrons. The number of ether oxygens (including phenoxy) is 1. The molecule has 2 heterocycles. The predicted molar refractivity (Wildman–Crippen MR) is 502 cm³/mol. The lowest BCUT2D eigenvalue weighted by atomic mass is 9.77. The van der Waals surface area contributed by atoms with Crippen LogP contribution in [0.3, 0.4) is 0 Å². The molecule has 5 aromatic rings. The minimum atomic E-state index is -1.91. The minimum Gasteiger partial charge on any atom is -0.492 e. The van der Waals surface area contributed by atoms with Crippen molar-refractivity contribution in [1.29, 1.82) is 0 Å². The average Bonchev–Trinajstić information content (AvgIpc) is 1.11. The van der Waals surface area contributed by atoms with Crippen LogP contribution in [0.4, 0.5) is 0 Å². The Morgan fingerprint density at radius 1 is 0.573 bits per heavy atom. The molecule has 0 bridgehead atoms. The molecule has 1 aliphatic heterocycles. The Labute approximate surface area is 773 Å². The maximum atomic E-state index is 16.5. The average molecular weight is 1860 g/mol. The van der Waals surface area contributed by atoms with Crippen molar-refractivity contribution >= 4 is 143 Å². The number of nitrogens with two attached hydrogens (primary N) is 5. The van der Waals surface area contributed by atoms with Gasteiger partial charge in [0.15, 0.2) is 23.1 Å². The topological polar surface area (TPSA) is 586 Å². The van der Waals surface area contributed by atoms with E-state index >= 15 is 28.8 Å². The minimum absolute atomic E-state index is 0.0163. The number of aliphatic hydroxyl groups is 1. The Kier molecular flexibility index (Phi) is 43.9. The van der Waals surface area contributed by atoms with E-state index in [-0.39, 0.29) is 114 Å². The molecule has 37 heteroatoms. The molecule has 1 aromatic heterocycles. The van der Waals surface area contributed by atoms with Gasteiger partial charge in [0.25, 0.3) is 0 Å². The number of hydrogen-bond donors (Lipinski definition) is 17. The van der Waals surface area contributed by atoms with Gasteiger partial charge in [-0.2, -0.15) is 0 Å². The third kappa shape index (κ3) is 35.2. The molecule has 0 unspecified atom stereocenters. The SMILES string of the molecule is CC(=O)CCCCC[C@@H]1NC(=O)[C@H](Cc2c[nH]c3c(C)cccc23)NC(=O)[C@H]([C@@H](C)O)NC(=O)[C@H](CC(N)=O)NC(=O)[C@@H](NC(C)=O)C(C)(C)SSC(C)(C)[C@@H](C(=O)C[C@@H](Cc2ccc(OCCN)cc2)C(=O)N[C@@H](Cc2ccc3ccccc3c2)C(=O)C[C@@](C)(CCCCN)C(=O)N[C@@H](CCCCNC(C)=O)C(=O)C[C@@H](CC(N)=O)C(=O)N[C@H](CCCCN)C(C)=O)NC1=O. The molecule has 0 spiro atoms. The number of rotatable bonds is 50. The van der Waals surface area contributed by atoms with E-state index in [1.54, 1.807) is 76.4 Å². The van der Waals surface area contributed by atoms with Crippen LogP contribution in [0.2, 0.25) is 0 Å². The van der Waals surface area contributed by atoms with E-state index in [1.165, 1.54) is 34.6 Å². The van der Waals surface area contributed by atoms with Crippen molar-refractivity contribution in [2.24, 2.45) is 45.9 Å². The quantitative estimate of drug-likeness (QED) is 0.0191. The molecule has 0 aliphatic carbocycles. The standard InChI is InChI=1S/C94H136N16O19S2/c1-54-24-23-28-68-66(53-101-80(54)68)47-73-87(124)104-71(31-14-12-13-25-55(2)111)86(123)110-82(92(7,8)130-131-93(9,10)83(102-59(6)115)90(127)107-74(51-79(99)120)88(125)109-81(57(4)113)89(126)106-73)76(117)49-64(44-60-33-36-67(37-34-60)129-43-41-97)84(121)105-72(46-61-32-35-62-26-15-16-27-63(62)45-61)77(118)52-94(11,38-19-21-40-96)91(128)108-70(30-18-22-42-100-58(5)114)75(116)48-65(50-78(98)119)85(122)103-69(56(3)112)29-17-20-39-95/h15-16,23-24,26-28,32-37,45,53,57,64-65,69-74,81-83,101,113H,12-14,17-22,25,29-31,38-44,46-52,95-97H2,1-11H3,(H2,98,119)(H2,99,120)(H,100,114)(H,102,115)(H,103,122)(H,104,124)(H,105,121)(H,106,126)(H,107,127)(H,108,128)(H,109,125)(H,110,123)/t57-,64-,65+,69-,70+,71+,72+,73+,74+,81+,82-,83-,94-/m1/s1. The van der Waals surface area contributed by atoms with Crippen LogP contribution < -0.4 is 86.6 Å². The van der Waals surface area contributed by atoms with E-state index in [2.05, 4.69) is 58.2 Å². The number of benzene rings is 4. The summed E-state index contributed by atoms with van der Waals surface area (Å²) >= 11 is 0. The molecule has 0 saturated carbocycles. The van der Waals surface area contributed by atoms with Crippen LogP contribution in [0.5, 0.6) is 5.75 Å². The van der Waals surface area contributed by atoms with Crippen LogP contribution in [0.1, 0.15) is 213 Å². The number of hydrogen-bond acceptors (Lipinski definition) is 24. The van der Waals surface area contributed by atoms with Gasteiger partial charge in [-0.05, 0) is 191 Å². The lowest BCUT2D eigenvalue weighted by Gasteiger charge is -2.39. The van der Waals surface area contributed by atoms with Crippen molar-refractivity contribution in [2.75, 3.05) is 32.8 Å². The zero-order valence-corrected chi connectivity index (χ0v) is 78.8. The van der Waals surface area contributed by atoms with Gasteiger partial charge in [0.1, 0.15) is 54.4 Å². The van der Waals surface area contributed by atoms with Crippen LogP contribution in [0.25, 0.3) is 21.7 Å². The fourth-order valence-corrected chi connectivity index (χ4v) is 18.6. The van der Waals surface area contributed by atoms with Gasteiger partial charge >= 0.3 is 0 Å². The van der Waals surface area contributed by atoms with Crippen LogP contribution in [0, 0.1) is 24.2 Å². The van der Waals surface area contributed by atoms with Crippen molar-refractivity contribution in [2.45, 2.75) is 287 Å². The summed E-state index contributed by atoms with van der Waals surface area (Å²) in [7, 11) is 1.92. The number of aliphatic hydroxyl groups excluding tert-OH is 1. The Bertz CT molecular complexity index is 4830. The number of carbonyl (C=O) groups excluding carboxylic acids is 17. The van der Waals surface area contributed by atoms with E-state index in [9.17, 15) is 57.8 Å². The molecule has 131 heavy (non-hydrogen) atoms. The molecule has 1 aliphatic rings. The van der Waals surface area contributed by atoms with Gasteiger partial charge in [-0.25, -0.2) is 0 Å².